The Bertz CT molecular complexity index is 495. The van der Waals surface area contributed by atoms with Gasteiger partial charge < -0.3 is 10.2 Å². The molecular formula is C19H28N2O. The molecule has 120 valence electrons. The van der Waals surface area contributed by atoms with Crippen LogP contribution in [0, 0.1) is 5.92 Å². The number of rotatable bonds is 6. The molecule has 22 heavy (non-hydrogen) atoms. The molecule has 0 bridgehead atoms. The van der Waals surface area contributed by atoms with Crippen molar-refractivity contribution in [2.45, 2.75) is 44.4 Å². The molecule has 1 aromatic rings. The molecule has 3 rings (SSSR count). The Labute approximate surface area is 134 Å². The van der Waals surface area contributed by atoms with Crippen LogP contribution in [-0.2, 0) is 10.2 Å². The van der Waals surface area contributed by atoms with Crippen LogP contribution in [0.1, 0.15) is 44.6 Å². The summed E-state index contributed by atoms with van der Waals surface area (Å²) in [7, 11) is 0. The van der Waals surface area contributed by atoms with Gasteiger partial charge in [0.2, 0.25) is 5.91 Å². The van der Waals surface area contributed by atoms with Gasteiger partial charge in [-0.1, -0.05) is 43.7 Å². The van der Waals surface area contributed by atoms with E-state index in [1.807, 2.05) is 18.2 Å². The van der Waals surface area contributed by atoms with Crippen molar-refractivity contribution in [3.8, 4) is 0 Å². The number of carbonyl (C=O) groups excluding carboxylic acids is 1. The van der Waals surface area contributed by atoms with Gasteiger partial charge in [-0.2, -0.15) is 0 Å². The third-order valence-corrected chi connectivity index (χ3v) is 5.43. The smallest absolute Gasteiger partial charge is 0.230 e. The van der Waals surface area contributed by atoms with E-state index in [4.69, 9.17) is 0 Å². The van der Waals surface area contributed by atoms with E-state index in [0.717, 1.165) is 32.4 Å². The Kier molecular flexibility index (Phi) is 4.82. The van der Waals surface area contributed by atoms with Crippen LogP contribution in [0.2, 0.25) is 0 Å². The van der Waals surface area contributed by atoms with E-state index >= 15 is 0 Å². The molecule has 0 unspecified atom stereocenters. The molecular weight excluding hydrogens is 272 g/mol. The van der Waals surface area contributed by atoms with Crippen molar-refractivity contribution in [3.63, 3.8) is 0 Å². The van der Waals surface area contributed by atoms with E-state index in [1.54, 1.807) is 0 Å². The molecule has 1 N–H and O–H groups in total. The fourth-order valence-corrected chi connectivity index (χ4v) is 3.94. The maximum Gasteiger partial charge on any atom is 0.230 e. The molecule has 1 saturated carbocycles. The summed E-state index contributed by atoms with van der Waals surface area (Å²) in [5.74, 6) is 0.877. The summed E-state index contributed by atoms with van der Waals surface area (Å²) in [6, 6.07) is 10.3. The molecule has 0 radical (unpaired) electrons. The Morgan fingerprint density at radius 2 is 2.09 bits per heavy atom. The van der Waals surface area contributed by atoms with E-state index in [2.05, 4.69) is 29.3 Å². The van der Waals surface area contributed by atoms with Crippen LogP contribution >= 0.6 is 0 Å². The van der Waals surface area contributed by atoms with Crippen LogP contribution in [0.3, 0.4) is 0 Å². The molecule has 3 nitrogen and oxygen atoms in total. The van der Waals surface area contributed by atoms with Crippen molar-refractivity contribution in [3.05, 3.63) is 35.9 Å². The molecule has 3 heteroatoms. The second-order valence-electron chi connectivity index (χ2n) is 6.97. The molecule has 1 amide bonds. The summed E-state index contributed by atoms with van der Waals surface area (Å²) < 4.78 is 0. The van der Waals surface area contributed by atoms with E-state index in [0.29, 0.717) is 5.92 Å². The van der Waals surface area contributed by atoms with Crippen molar-refractivity contribution in [2.24, 2.45) is 5.92 Å². The SMILES string of the molecule is CCCN1CC[C@H](CNC(=O)C2(c3ccccc3)CCC2)C1. The monoisotopic (exact) mass is 300 g/mol. The van der Waals surface area contributed by atoms with Crippen molar-refractivity contribution >= 4 is 5.91 Å². The lowest BCUT2D eigenvalue weighted by Crippen LogP contribution is -2.50. The summed E-state index contributed by atoms with van der Waals surface area (Å²) in [6.45, 7) is 6.60. The number of nitrogens with one attached hydrogen (secondary N) is 1. The Balaban J connectivity index is 1.55. The predicted molar refractivity (Wildman–Crippen MR) is 89.8 cm³/mol. The molecule has 1 saturated heterocycles. The Morgan fingerprint density at radius 1 is 1.32 bits per heavy atom. The molecule has 0 spiro atoms. The fourth-order valence-electron chi connectivity index (χ4n) is 3.94. The topological polar surface area (TPSA) is 32.3 Å². The third-order valence-electron chi connectivity index (χ3n) is 5.43. The number of amides is 1. The van der Waals surface area contributed by atoms with Gasteiger partial charge in [0.25, 0.3) is 0 Å². The Morgan fingerprint density at radius 3 is 2.73 bits per heavy atom. The largest absolute Gasteiger partial charge is 0.355 e. The van der Waals surface area contributed by atoms with Crippen molar-refractivity contribution in [1.82, 2.24) is 10.2 Å². The first-order chi connectivity index (χ1) is 10.7. The van der Waals surface area contributed by atoms with Crippen molar-refractivity contribution in [2.75, 3.05) is 26.2 Å². The van der Waals surface area contributed by atoms with Gasteiger partial charge in [-0.15, -0.1) is 0 Å². The van der Waals surface area contributed by atoms with E-state index in [1.165, 1.54) is 31.5 Å². The zero-order chi connectivity index (χ0) is 15.4. The van der Waals surface area contributed by atoms with Crippen LogP contribution in [-0.4, -0.2) is 37.0 Å². The molecule has 1 aliphatic heterocycles. The van der Waals surface area contributed by atoms with Gasteiger partial charge in [-0.05, 0) is 50.3 Å². The van der Waals surface area contributed by atoms with Crippen LogP contribution in [0.15, 0.2) is 30.3 Å². The predicted octanol–water partition coefficient (Wildman–Crippen LogP) is 2.96. The maximum atomic E-state index is 12.8. The van der Waals surface area contributed by atoms with Gasteiger partial charge >= 0.3 is 0 Å². The Hall–Kier alpha value is -1.35. The average molecular weight is 300 g/mol. The summed E-state index contributed by atoms with van der Waals surface area (Å²) in [4.78, 5) is 15.3. The number of carbonyl (C=O) groups is 1. The zero-order valence-corrected chi connectivity index (χ0v) is 13.7. The molecule has 2 fully saturated rings. The van der Waals surface area contributed by atoms with Crippen molar-refractivity contribution < 1.29 is 4.79 Å². The van der Waals surface area contributed by atoms with Crippen molar-refractivity contribution in [1.29, 1.82) is 0 Å². The van der Waals surface area contributed by atoms with E-state index < -0.39 is 0 Å². The highest BCUT2D eigenvalue weighted by Crippen LogP contribution is 2.43. The van der Waals surface area contributed by atoms with Gasteiger partial charge in [0.05, 0.1) is 5.41 Å². The second kappa shape index (κ2) is 6.82. The van der Waals surface area contributed by atoms with Crippen LogP contribution in [0.5, 0.6) is 0 Å². The fraction of sp³-hybridized carbons (Fsp3) is 0.632. The van der Waals surface area contributed by atoms with Crippen LogP contribution in [0.4, 0.5) is 0 Å². The maximum absolute atomic E-state index is 12.8. The first-order valence-corrected chi connectivity index (χ1v) is 8.81. The van der Waals surface area contributed by atoms with Crippen LogP contribution < -0.4 is 5.32 Å². The summed E-state index contributed by atoms with van der Waals surface area (Å²) in [5.41, 5.74) is 0.945. The van der Waals surface area contributed by atoms with Crippen LogP contribution in [0.25, 0.3) is 0 Å². The molecule has 1 aromatic carbocycles. The highest BCUT2D eigenvalue weighted by atomic mass is 16.2. The zero-order valence-electron chi connectivity index (χ0n) is 13.7. The first-order valence-electron chi connectivity index (χ1n) is 8.81. The molecule has 2 aliphatic rings. The lowest BCUT2D eigenvalue weighted by Gasteiger charge is -2.41. The molecule has 1 atom stereocenters. The highest BCUT2D eigenvalue weighted by molar-refractivity contribution is 5.89. The summed E-state index contributed by atoms with van der Waals surface area (Å²) in [5, 5.41) is 3.26. The number of likely N-dealkylation sites (tertiary alicyclic amines) is 1. The number of hydrogen-bond donors (Lipinski definition) is 1. The highest BCUT2D eigenvalue weighted by Gasteiger charge is 2.45. The van der Waals surface area contributed by atoms with Gasteiger partial charge in [0, 0.05) is 13.1 Å². The lowest BCUT2D eigenvalue weighted by molar-refractivity contribution is -0.130. The summed E-state index contributed by atoms with van der Waals surface area (Å²) >= 11 is 0. The normalized spacial score (nSPS) is 24.0. The minimum atomic E-state index is -0.247. The average Bonchev–Trinajstić information content (AvgIpc) is 2.93. The third kappa shape index (κ3) is 3.05. The van der Waals surface area contributed by atoms with Gasteiger partial charge in [0.1, 0.15) is 0 Å². The number of nitrogens with zero attached hydrogens (tertiary/aromatic N) is 1. The van der Waals surface area contributed by atoms with Gasteiger partial charge in [-0.25, -0.2) is 0 Å². The summed E-state index contributed by atoms with van der Waals surface area (Å²) in [6.07, 6.45) is 5.59. The molecule has 1 aliphatic carbocycles. The van der Waals surface area contributed by atoms with E-state index in [-0.39, 0.29) is 11.3 Å². The molecule has 0 aromatic heterocycles. The molecule has 1 heterocycles. The minimum Gasteiger partial charge on any atom is -0.355 e. The standard InChI is InChI=1S/C19H28N2O/c1-2-12-21-13-9-16(15-21)14-20-18(22)19(10-6-11-19)17-7-4-3-5-8-17/h3-5,7-8,16H,2,6,9-15H2,1H3,(H,20,22)/t16-/m1/s1. The lowest BCUT2D eigenvalue weighted by atomic mass is 9.64. The number of benzene rings is 1. The number of hydrogen-bond acceptors (Lipinski definition) is 2. The minimum absolute atomic E-state index is 0.247. The first kappa shape index (κ1) is 15.5. The second-order valence-corrected chi connectivity index (χ2v) is 6.97. The van der Waals surface area contributed by atoms with Gasteiger partial charge in [0.15, 0.2) is 0 Å². The van der Waals surface area contributed by atoms with E-state index in [9.17, 15) is 4.79 Å². The quantitative estimate of drug-likeness (QED) is 0.876. The van der Waals surface area contributed by atoms with Gasteiger partial charge in [-0.3, -0.25) is 4.79 Å².